The van der Waals surface area contributed by atoms with Crippen LogP contribution in [0, 0.1) is 40.9 Å². The Morgan fingerprint density at radius 3 is 2.52 bits per heavy atom. The summed E-state index contributed by atoms with van der Waals surface area (Å²) in [4.78, 5) is 0. The minimum absolute atomic E-state index is 0.396. The van der Waals surface area contributed by atoms with E-state index in [2.05, 4.69) is 56.4 Å². The van der Waals surface area contributed by atoms with Crippen molar-refractivity contribution in [2.75, 3.05) is 0 Å². The lowest BCUT2D eigenvalue weighted by molar-refractivity contribution is -0.130. The molecule has 1 aromatic rings. The molecule has 0 aliphatic heterocycles. The van der Waals surface area contributed by atoms with Crippen LogP contribution in [0.3, 0.4) is 0 Å². The highest BCUT2D eigenvalue weighted by Gasteiger charge is 2.56. The molecule has 4 aliphatic carbocycles. The van der Waals surface area contributed by atoms with E-state index in [1.165, 1.54) is 56.9 Å². The summed E-state index contributed by atoms with van der Waals surface area (Å²) < 4.78 is 0. The van der Waals surface area contributed by atoms with Crippen LogP contribution in [-0.2, 0) is 6.54 Å². The summed E-state index contributed by atoms with van der Waals surface area (Å²) in [5, 5.41) is 14.6. The van der Waals surface area contributed by atoms with Crippen molar-refractivity contribution in [3.05, 3.63) is 35.9 Å². The van der Waals surface area contributed by atoms with Gasteiger partial charge in [0.25, 0.3) is 0 Å². The molecule has 1 aromatic carbocycles. The zero-order chi connectivity index (χ0) is 21.6. The zero-order valence-electron chi connectivity index (χ0n) is 20.2. The highest BCUT2D eigenvalue weighted by Crippen LogP contribution is 2.63. The molecule has 2 heteroatoms. The number of hydrogen-bond acceptors (Lipinski definition) is 2. The quantitative estimate of drug-likeness (QED) is 0.573. The van der Waals surface area contributed by atoms with Crippen LogP contribution in [0.5, 0.6) is 0 Å². The maximum atomic E-state index is 10.7. The molecule has 0 radical (unpaired) electrons. The Labute approximate surface area is 190 Å². The summed E-state index contributed by atoms with van der Waals surface area (Å²) in [7, 11) is 0. The van der Waals surface area contributed by atoms with Gasteiger partial charge in [0.05, 0.1) is 5.60 Å². The van der Waals surface area contributed by atoms with Crippen LogP contribution in [0.4, 0.5) is 0 Å². The maximum absolute atomic E-state index is 10.7. The molecule has 4 fully saturated rings. The smallest absolute Gasteiger partial charge is 0.0622 e. The first-order valence-corrected chi connectivity index (χ1v) is 13.4. The number of benzene rings is 1. The second-order valence-corrected chi connectivity index (χ2v) is 12.4. The summed E-state index contributed by atoms with van der Waals surface area (Å²) in [5.41, 5.74) is 1.52. The normalized spacial score (nSPS) is 45.8. The summed E-state index contributed by atoms with van der Waals surface area (Å²) in [6, 6.07) is 11.5. The van der Waals surface area contributed by atoms with Gasteiger partial charge in [-0.05, 0) is 118 Å². The zero-order valence-corrected chi connectivity index (χ0v) is 20.2. The first kappa shape index (κ1) is 22.0. The van der Waals surface area contributed by atoms with Crippen LogP contribution in [0.2, 0.25) is 0 Å². The van der Waals surface area contributed by atoms with Crippen molar-refractivity contribution in [1.29, 1.82) is 0 Å². The van der Waals surface area contributed by atoms with Crippen LogP contribution in [-0.4, -0.2) is 16.7 Å². The number of aliphatic hydroxyl groups is 1. The minimum atomic E-state index is -0.396. The summed E-state index contributed by atoms with van der Waals surface area (Å²) in [6.07, 6.45) is 13.4. The summed E-state index contributed by atoms with van der Waals surface area (Å²) in [5.74, 6) is 5.32. The van der Waals surface area contributed by atoms with Crippen LogP contribution in [0.25, 0.3) is 0 Å². The molecule has 31 heavy (non-hydrogen) atoms. The maximum Gasteiger partial charge on any atom is 0.0622 e. The van der Waals surface area contributed by atoms with Gasteiger partial charge in [-0.1, -0.05) is 43.7 Å². The molecule has 4 saturated carbocycles. The van der Waals surface area contributed by atoms with E-state index in [0.717, 1.165) is 54.9 Å². The van der Waals surface area contributed by atoms with E-state index < -0.39 is 5.60 Å². The summed E-state index contributed by atoms with van der Waals surface area (Å²) in [6.45, 7) is 8.22. The topological polar surface area (TPSA) is 32.3 Å². The lowest BCUT2D eigenvalue weighted by Gasteiger charge is -2.61. The molecule has 172 valence electrons. The molecule has 5 rings (SSSR count). The molecule has 0 bridgehead atoms. The van der Waals surface area contributed by atoms with E-state index in [1.54, 1.807) is 0 Å². The first-order valence-electron chi connectivity index (χ1n) is 13.4. The third kappa shape index (κ3) is 4.12. The van der Waals surface area contributed by atoms with E-state index in [9.17, 15) is 5.11 Å². The van der Waals surface area contributed by atoms with Crippen molar-refractivity contribution >= 4 is 0 Å². The van der Waals surface area contributed by atoms with Crippen molar-refractivity contribution in [2.24, 2.45) is 40.9 Å². The SMILES string of the molecule is CC(NCc1ccccc1)[C@H]1CCC[C@H]2[C@@H]3CC[C@@H]4C[C@](C)(O)CC[C@@H]4[C@H]3CC[C@]12C. The van der Waals surface area contributed by atoms with Gasteiger partial charge in [0.15, 0.2) is 0 Å². The Hall–Kier alpha value is -0.860. The van der Waals surface area contributed by atoms with E-state index in [0.29, 0.717) is 11.5 Å². The number of nitrogens with one attached hydrogen (secondary N) is 1. The largest absolute Gasteiger partial charge is 0.390 e. The lowest BCUT2D eigenvalue weighted by atomic mass is 9.44. The molecule has 9 atom stereocenters. The molecule has 0 aromatic heterocycles. The third-order valence-corrected chi connectivity index (χ3v) is 10.6. The van der Waals surface area contributed by atoms with Gasteiger partial charge < -0.3 is 10.4 Å². The fourth-order valence-corrected chi connectivity index (χ4v) is 9.16. The molecule has 1 unspecified atom stereocenters. The van der Waals surface area contributed by atoms with Gasteiger partial charge in [0.1, 0.15) is 0 Å². The Bertz CT molecular complexity index is 744. The molecule has 0 heterocycles. The predicted molar refractivity (Wildman–Crippen MR) is 129 cm³/mol. The third-order valence-electron chi connectivity index (χ3n) is 10.6. The monoisotopic (exact) mass is 423 g/mol. The molecule has 0 spiro atoms. The standard InChI is InChI=1S/C29H45NO/c1-20(30-19-21-8-5-4-6-9-21)26-10-7-11-27-25-13-12-22-18-28(2,31)16-14-23(22)24(25)15-17-29(26,27)3/h4-6,8-9,20,22-27,30-31H,7,10-19H2,1-3H3/t20?,22-,23+,24-,25-,26-,27+,28-,29-/m1/s1. The van der Waals surface area contributed by atoms with E-state index in [4.69, 9.17) is 0 Å². The van der Waals surface area contributed by atoms with Crippen LogP contribution >= 0.6 is 0 Å². The van der Waals surface area contributed by atoms with Crippen molar-refractivity contribution in [2.45, 2.75) is 103 Å². The van der Waals surface area contributed by atoms with Crippen molar-refractivity contribution in [3.8, 4) is 0 Å². The Morgan fingerprint density at radius 2 is 1.71 bits per heavy atom. The molecule has 2 nitrogen and oxygen atoms in total. The van der Waals surface area contributed by atoms with Gasteiger partial charge in [-0.2, -0.15) is 0 Å². The van der Waals surface area contributed by atoms with Crippen molar-refractivity contribution in [1.82, 2.24) is 5.32 Å². The van der Waals surface area contributed by atoms with Crippen molar-refractivity contribution < 1.29 is 5.11 Å². The highest BCUT2D eigenvalue weighted by molar-refractivity contribution is 5.14. The second-order valence-electron chi connectivity index (χ2n) is 12.4. The van der Waals surface area contributed by atoms with Gasteiger partial charge in [-0.15, -0.1) is 0 Å². The molecule has 0 amide bonds. The average molecular weight is 424 g/mol. The second kappa shape index (κ2) is 8.49. The predicted octanol–water partition coefficient (Wildman–Crippen LogP) is 6.57. The van der Waals surface area contributed by atoms with Gasteiger partial charge in [-0.25, -0.2) is 0 Å². The molecule has 0 saturated heterocycles. The van der Waals surface area contributed by atoms with Crippen LogP contribution in [0.1, 0.15) is 90.5 Å². The lowest BCUT2D eigenvalue weighted by Crippen LogP contribution is -2.56. The number of fused-ring (bicyclic) bond motifs is 5. The Morgan fingerprint density at radius 1 is 0.935 bits per heavy atom. The summed E-state index contributed by atoms with van der Waals surface area (Å²) >= 11 is 0. The minimum Gasteiger partial charge on any atom is -0.390 e. The van der Waals surface area contributed by atoms with E-state index >= 15 is 0 Å². The van der Waals surface area contributed by atoms with Gasteiger partial charge >= 0.3 is 0 Å². The van der Waals surface area contributed by atoms with Crippen LogP contribution in [0.15, 0.2) is 30.3 Å². The number of hydrogen-bond donors (Lipinski definition) is 2. The van der Waals surface area contributed by atoms with Gasteiger partial charge in [0, 0.05) is 12.6 Å². The first-order chi connectivity index (χ1) is 14.9. The fraction of sp³-hybridized carbons (Fsp3) is 0.793. The molecular weight excluding hydrogens is 378 g/mol. The molecule has 2 N–H and O–H groups in total. The highest BCUT2D eigenvalue weighted by atomic mass is 16.3. The van der Waals surface area contributed by atoms with Gasteiger partial charge in [0.2, 0.25) is 0 Å². The molecule has 4 aliphatic rings. The molecular formula is C29H45NO. The average Bonchev–Trinajstić information content (AvgIpc) is 2.76. The fourth-order valence-electron chi connectivity index (χ4n) is 9.16. The Balaban J connectivity index is 1.29. The van der Waals surface area contributed by atoms with Gasteiger partial charge in [-0.3, -0.25) is 0 Å². The van der Waals surface area contributed by atoms with E-state index in [-0.39, 0.29) is 0 Å². The Kier molecular flexibility index (Phi) is 6.01. The number of rotatable bonds is 4. The van der Waals surface area contributed by atoms with Crippen LogP contribution < -0.4 is 5.32 Å². The van der Waals surface area contributed by atoms with Crippen molar-refractivity contribution in [3.63, 3.8) is 0 Å². The van der Waals surface area contributed by atoms with E-state index in [1.807, 2.05) is 0 Å².